The monoisotopic (exact) mass is 173 g/mol. The predicted octanol–water partition coefficient (Wildman–Crippen LogP) is -1.15. The van der Waals surface area contributed by atoms with E-state index in [-0.39, 0.29) is 11.9 Å². The number of nitrogens with two attached hydrogens (primary N) is 2. The van der Waals surface area contributed by atoms with Gasteiger partial charge in [0.2, 0.25) is 5.96 Å². The average Bonchev–Trinajstić information content (AvgIpc) is 2.00. The Kier molecular flexibility index (Phi) is 4.06. The number of hydrogen-bond acceptors (Lipinski definition) is 2. The molecule has 0 radical (unpaired) electrons. The molecule has 0 aliphatic carbocycles. The van der Waals surface area contributed by atoms with E-state index in [2.05, 4.69) is 4.99 Å². The number of aliphatic imine (C=N–C) groups is 1. The summed E-state index contributed by atoms with van der Waals surface area (Å²) >= 11 is 0. The van der Waals surface area contributed by atoms with Crippen molar-refractivity contribution < 1.29 is 5.11 Å². The van der Waals surface area contributed by atoms with E-state index < -0.39 is 6.23 Å². The molecule has 6 nitrogen and oxygen atoms in total. The second-order valence-electron chi connectivity index (χ2n) is 2.36. The Labute approximate surface area is 71.4 Å². The van der Waals surface area contributed by atoms with Crippen LogP contribution >= 0.6 is 0 Å². The zero-order valence-corrected chi connectivity index (χ0v) is 7.28. The van der Waals surface area contributed by atoms with Crippen molar-refractivity contribution in [2.75, 3.05) is 7.05 Å². The smallest absolute Gasteiger partial charge is 0.222 e. The molecule has 0 heterocycles. The average molecular weight is 173 g/mol. The minimum atomic E-state index is -0.722. The van der Waals surface area contributed by atoms with Gasteiger partial charge in [0.25, 0.3) is 0 Å². The van der Waals surface area contributed by atoms with Gasteiger partial charge in [0.05, 0.1) is 0 Å². The van der Waals surface area contributed by atoms with Gasteiger partial charge >= 0.3 is 0 Å². The van der Waals surface area contributed by atoms with Crippen LogP contribution in [0.1, 0.15) is 13.3 Å². The zero-order valence-electron chi connectivity index (χ0n) is 7.28. The van der Waals surface area contributed by atoms with Crippen LogP contribution in [-0.2, 0) is 0 Å². The number of nitrogens with zero attached hydrogens (tertiary/aromatic N) is 2. The lowest BCUT2D eigenvalue weighted by molar-refractivity contribution is 0.0649. The maximum atomic E-state index is 9.24. The first-order valence-corrected chi connectivity index (χ1v) is 3.58. The highest BCUT2D eigenvalue weighted by Crippen LogP contribution is 1.97. The zero-order chi connectivity index (χ0) is 9.72. The van der Waals surface area contributed by atoms with Crippen molar-refractivity contribution in [3.63, 3.8) is 0 Å². The molecular weight excluding hydrogens is 158 g/mol. The highest BCUT2D eigenvalue weighted by atomic mass is 16.3. The molecule has 12 heavy (non-hydrogen) atoms. The van der Waals surface area contributed by atoms with Gasteiger partial charge in [-0.3, -0.25) is 5.41 Å². The Hall–Kier alpha value is -1.30. The summed E-state index contributed by atoms with van der Waals surface area (Å²) in [6.07, 6.45) is -0.209. The number of hydrogen-bond donors (Lipinski definition) is 4. The number of nitrogens with one attached hydrogen (secondary N) is 1. The van der Waals surface area contributed by atoms with E-state index in [9.17, 15) is 5.11 Å². The Morgan fingerprint density at radius 1 is 1.67 bits per heavy atom. The van der Waals surface area contributed by atoms with Gasteiger partial charge in [-0.15, -0.1) is 0 Å². The first-order valence-electron chi connectivity index (χ1n) is 3.58. The van der Waals surface area contributed by atoms with Crippen molar-refractivity contribution in [1.29, 1.82) is 5.41 Å². The van der Waals surface area contributed by atoms with Crippen molar-refractivity contribution in [2.24, 2.45) is 16.5 Å². The molecular formula is C6H15N5O. The van der Waals surface area contributed by atoms with Crippen LogP contribution in [-0.4, -0.2) is 35.2 Å². The summed E-state index contributed by atoms with van der Waals surface area (Å²) in [5.74, 6) is -0.334. The molecule has 0 aromatic rings. The maximum absolute atomic E-state index is 9.24. The standard InChI is InChI=1S/C6H15N5O/c1-3-4(12)11(2)6(9)10-5(7)8/h4,12H,3H2,1-2H3,(H5,7,8,9,10). The largest absolute Gasteiger partial charge is 0.374 e. The van der Waals surface area contributed by atoms with Crippen molar-refractivity contribution in [2.45, 2.75) is 19.6 Å². The van der Waals surface area contributed by atoms with Gasteiger partial charge < -0.3 is 21.5 Å². The Bertz CT molecular complexity index is 186. The summed E-state index contributed by atoms with van der Waals surface area (Å²) in [5.41, 5.74) is 10.1. The predicted molar refractivity (Wildman–Crippen MR) is 47.6 cm³/mol. The summed E-state index contributed by atoms with van der Waals surface area (Å²) < 4.78 is 0. The molecule has 0 aromatic heterocycles. The number of aliphatic hydroxyl groups excluding tert-OH is 1. The van der Waals surface area contributed by atoms with Gasteiger partial charge in [0, 0.05) is 7.05 Å². The van der Waals surface area contributed by atoms with E-state index in [0.717, 1.165) is 0 Å². The van der Waals surface area contributed by atoms with Crippen LogP contribution in [0.25, 0.3) is 0 Å². The third-order valence-corrected chi connectivity index (χ3v) is 1.38. The van der Waals surface area contributed by atoms with E-state index >= 15 is 0 Å². The van der Waals surface area contributed by atoms with Crippen LogP contribution in [0, 0.1) is 5.41 Å². The fourth-order valence-corrected chi connectivity index (χ4v) is 0.616. The minimum Gasteiger partial charge on any atom is -0.374 e. The normalized spacial score (nSPS) is 11.9. The summed E-state index contributed by atoms with van der Waals surface area (Å²) in [7, 11) is 1.54. The first-order chi connectivity index (χ1) is 5.49. The van der Waals surface area contributed by atoms with Gasteiger partial charge in [-0.1, -0.05) is 6.92 Å². The van der Waals surface area contributed by atoms with Crippen LogP contribution in [0.5, 0.6) is 0 Å². The van der Waals surface area contributed by atoms with Crippen molar-refractivity contribution >= 4 is 11.9 Å². The second-order valence-corrected chi connectivity index (χ2v) is 2.36. The highest BCUT2D eigenvalue weighted by molar-refractivity contribution is 5.91. The lowest BCUT2D eigenvalue weighted by Crippen LogP contribution is -2.37. The molecule has 0 fully saturated rings. The molecule has 0 bridgehead atoms. The lowest BCUT2D eigenvalue weighted by atomic mass is 10.4. The summed E-state index contributed by atoms with van der Waals surface area (Å²) in [4.78, 5) is 4.75. The fourth-order valence-electron chi connectivity index (χ4n) is 0.616. The van der Waals surface area contributed by atoms with Crippen LogP contribution < -0.4 is 11.5 Å². The fraction of sp³-hybridized carbons (Fsp3) is 0.667. The molecule has 0 saturated heterocycles. The van der Waals surface area contributed by atoms with Crippen LogP contribution in [0.15, 0.2) is 4.99 Å². The van der Waals surface area contributed by atoms with E-state index in [1.54, 1.807) is 14.0 Å². The molecule has 0 aliphatic heterocycles. The molecule has 0 saturated carbocycles. The molecule has 6 heteroatoms. The molecule has 0 aliphatic rings. The van der Waals surface area contributed by atoms with Gasteiger partial charge in [-0.2, -0.15) is 4.99 Å². The first kappa shape index (κ1) is 10.7. The highest BCUT2D eigenvalue weighted by Gasteiger charge is 2.10. The van der Waals surface area contributed by atoms with Gasteiger partial charge in [0.1, 0.15) is 6.23 Å². The molecule has 1 atom stereocenters. The molecule has 6 N–H and O–H groups in total. The second kappa shape index (κ2) is 4.55. The van der Waals surface area contributed by atoms with Crippen LogP contribution in [0.2, 0.25) is 0 Å². The minimum absolute atomic E-state index is 0.149. The van der Waals surface area contributed by atoms with E-state index in [4.69, 9.17) is 16.9 Å². The number of rotatable bonds is 2. The van der Waals surface area contributed by atoms with E-state index in [1.807, 2.05) is 0 Å². The molecule has 0 aromatic carbocycles. The topological polar surface area (TPSA) is 112 Å². The van der Waals surface area contributed by atoms with Crippen molar-refractivity contribution in [3.05, 3.63) is 0 Å². The summed E-state index contributed by atoms with van der Waals surface area (Å²) in [5, 5.41) is 16.5. The van der Waals surface area contributed by atoms with Crippen LogP contribution in [0.4, 0.5) is 0 Å². The third-order valence-electron chi connectivity index (χ3n) is 1.38. The quantitative estimate of drug-likeness (QED) is 0.240. The lowest BCUT2D eigenvalue weighted by Gasteiger charge is -2.21. The SMILES string of the molecule is CCC(O)N(C)C(=N)N=C(N)N. The van der Waals surface area contributed by atoms with Crippen molar-refractivity contribution in [1.82, 2.24) is 4.90 Å². The number of guanidine groups is 2. The van der Waals surface area contributed by atoms with E-state index in [0.29, 0.717) is 6.42 Å². The molecule has 0 spiro atoms. The van der Waals surface area contributed by atoms with Gasteiger partial charge in [-0.25, -0.2) is 0 Å². The van der Waals surface area contributed by atoms with E-state index in [1.165, 1.54) is 4.90 Å². The Balaban J connectivity index is 4.20. The van der Waals surface area contributed by atoms with Crippen molar-refractivity contribution in [3.8, 4) is 0 Å². The van der Waals surface area contributed by atoms with Crippen LogP contribution in [0.3, 0.4) is 0 Å². The molecule has 1 unspecified atom stereocenters. The molecule has 0 rings (SSSR count). The molecule has 0 amide bonds. The number of aliphatic hydroxyl groups is 1. The third kappa shape index (κ3) is 3.20. The maximum Gasteiger partial charge on any atom is 0.222 e. The van der Waals surface area contributed by atoms with Gasteiger partial charge in [0.15, 0.2) is 5.96 Å². The summed E-state index contributed by atoms with van der Waals surface area (Å²) in [6, 6.07) is 0. The molecule has 70 valence electrons. The van der Waals surface area contributed by atoms with Gasteiger partial charge in [-0.05, 0) is 6.42 Å². The Morgan fingerprint density at radius 2 is 2.17 bits per heavy atom. The Morgan fingerprint density at radius 3 is 2.50 bits per heavy atom. The summed E-state index contributed by atoms with van der Waals surface area (Å²) in [6.45, 7) is 1.80.